The first-order chi connectivity index (χ1) is 17.8. The van der Waals surface area contributed by atoms with E-state index in [1.165, 1.54) is 33.5 Å². The van der Waals surface area contributed by atoms with Crippen molar-refractivity contribution in [1.29, 1.82) is 0 Å². The predicted octanol–water partition coefficient (Wildman–Crippen LogP) is 7.88. The molecule has 0 saturated heterocycles. The van der Waals surface area contributed by atoms with Gasteiger partial charge >= 0.3 is 6.09 Å². The highest BCUT2D eigenvalue weighted by molar-refractivity contribution is 5.79. The second-order valence-corrected chi connectivity index (χ2v) is 11.8. The maximum Gasteiger partial charge on any atom is 0.407 e. The average Bonchev–Trinajstić information content (AvgIpc) is 3.21. The summed E-state index contributed by atoms with van der Waals surface area (Å²) >= 11 is 0. The first-order valence-corrected chi connectivity index (χ1v) is 13.8. The van der Waals surface area contributed by atoms with E-state index in [0.717, 1.165) is 25.7 Å². The quantitative estimate of drug-likeness (QED) is 0.365. The largest absolute Gasteiger partial charge is 0.449 e. The Labute approximate surface area is 221 Å². The third-order valence-corrected chi connectivity index (χ3v) is 8.29. The van der Waals surface area contributed by atoms with Crippen LogP contribution in [-0.2, 0) is 10.2 Å². The summed E-state index contributed by atoms with van der Waals surface area (Å²) in [5.41, 5.74) is 7.70. The molecule has 1 atom stereocenters. The van der Waals surface area contributed by atoms with Crippen molar-refractivity contribution < 1.29 is 9.53 Å². The van der Waals surface area contributed by atoms with Crippen LogP contribution in [0.3, 0.4) is 0 Å². The van der Waals surface area contributed by atoms with Gasteiger partial charge < -0.3 is 15.4 Å². The molecule has 4 nitrogen and oxygen atoms in total. The van der Waals surface area contributed by atoms with Crippen molar-refractivity contribution in [2.24, 2.45) is 5.92 Å². The van der Waals surface area contributed by atoms with E-state index in [-0.39, 0.29) is 23.5 Å². The van der Waals surface area contributed by atoms with Crippen molar-refractivity contribution in [1.82, 2.24) is 5.32 Å². The summed E-state index contributed by atoms with van der Waals surface area (Å²) in [7, 11) is 0. The molecular formula is C33H40N2O2. The van der Waals surface area contributed by atoms with Crippen LogP contribution in [0.25, 0.3) is 11.1 Å². The second kappa shape index (κ2) is 10.6. The van der Waals surface area contributed by atoms with Crippen molar-refractivity contribution >= 4 is 11.8 Å². The van der Waals surface area contributed by atoms with E-state index in [2.05, 4.69) is 111 Å². The topological polar surface area (TPSA) is 50.4 Å². The van der Waals surface area contributed by atoms with Gasteiger partial charge in [-0.1, -0.05) is 81.4 Å². The number of ether oxygens (including phenoxy) is 1. The molecule has 1 fully saturated rings. The molecule has 0 radical (unpaired) electrons. The number of fused-ring (bicyclic) bond motifs is 3. The van der Waals surface area contributed by atoms with Crippen LogP contribution in [0.4, 0.5) is 10.5 Å². The normalized spacial score (nSPS) is 20.0. The van der Waals surface area contributed by atoms with Crippen LogP contribution in [0.2, 0.25) is 0 Å². The molecular weight excluding hydrogens is 456 g/mol. The number of anilines is 1. The number of amides is 1. The minimum absolute atomic E-state index is 0.0902. The van der Waals surface area contributed by atoms with E-state index >= 15 is 0 Å². The molecule has 3 aromatic rings. The molecule has 2 aliphatic carbocycles. The Morgan fingerprint density at radius 1 is 0.865 bits per heavy atom. The Bertz CT molecular complexity index is 1170. The van der Waals surface area contributed by atoms with E-state index in [1.54, 1.807) is 0 Å². The SMILES string of the molecule is CC(NC(=O)OCC1c2ccccc2-c2ccccc21)C1CCC(Nc2ccc(C(C)(C)C)cc2)CC1. The zero-order chi connectivity index (χ0) is 26.0. The van der Waals surface area contributed by atoms with Crippen LogP contribution < -0.4 is 10.6 Å². The summed E-state index contributed by atoms with van der Waals surface area (Å²) in [6.45, 7) is 9.21. The van der Waals surface area contributed by atoms with Gasteiger partial charge in [-0.25, -0.2) is 4.79 Å². The van der Waals surface area contributed by atoms with Crippen LogP contribution in [0.1, 0.15) is 76.0 Å². The van der Waals surface area contributed by atoms with Crippen LogP contribution >= 0.6 is 0 Å². The highest BCUT2D eigenvalue weighted by Gasteiger charge is 2.30. The Kier molecular flexibility index (Phi) is 7.28. The summed E-state index contributed by atoms with van der Waals surface area (Å²) < 4.78 is 5.77. The van der Waals surface area contributed by atoms with Gasteiger partial charge in [-0.2, -0.15) is 0 Å². The maximum atomic E-state index is 12.7. The van der Waals surface area contributed by atoms with Crippen molar-refractivity contribution in [2.75, 3.05) is 11.9 Å². The number of benzene rings is 3. The van der Waals surface area contributed by atoms with Crippen LogP contribution in [-0.4, -0.2) is 24.8 Å². The summed E-state index contributed by atoms with van der Waals surface area (Å²) in [6, 6.07) is 26.3. The van der Waals surface area contributed by atoms with Gasteiger partial charge in [0.25, 0.3) is 0 Å². The van der Waals surface area contributed by atoms with Gasteiger partial charge in [0.15, 0.2) is 0 Å². The maximum absolute atomic E-state index is 12.7. The van der Waals surface area contributed by atoms with Crippen LogP contribution in [0, 0.1) is 5.92 Å². The third-order valence-electron chi connectivity index (χ3n) is 8.29. The number of carbonyl (C=O) groups excluding carboxylic acids is 1. The van der Waals surface area contributed by atoms with Gasteiger partial charge in [0.1, 0.15) is 6.61 Å². The predicted molar refractivity (Wildman–Crippen MR) is 152 cm³/mol. The van der Waals surface area contributed by atoms with Crippen molar-refractivity contribution in [3.05, 3.63) is 89.5 Å². The fourth-order valence-electron chi connectivity index (χ4n) is 6.01. The number of nitrogens with one attached hydrogen (secondary N) is 2. The van der Waals surface area contributed by atoms with Gasteiger partial charge in [0.2, 0.25) is 0 Å². The second-order valence-electron chi connectivity index (χ2n) is 11.8. The summed E-state index contributed by atoms with van der Waals surface area (Å²) in [5, 5.41) is 6.84. The number of alkyl carbamates (subject to hydrolysis) is 1. The van der Waals surface area contributed by atoms with Gasteiger partial charge in [-0.05, 0) is 83.9 Å². The van der Waals surface area contributed by atoms with Gasteiger partial charge in [-0.15, -0.1) is 0 Å². The van der Waals surface area contributed by atoms with E-state index < -0.39 is 0 Å². The van der Waals surface area contributed by atoms with Gasteiger partial charge in [0, 0.05) is 23.7 Å². The first kappa shape index (κ1) is 25.4. The molecule has 0 heterocycles. The summed E-state index contributed by atoms with van der Waals surface area (Å²) in [4.78, 5) is 12.7. The molecule has 0 bridgehead atoms. The highest BCUT2D eigenvalue weighted by atomic mass is 16.5. The van der Waals surface area contributed by atoms with Gasteiger partial charge in [-0.3, -0.25) is 0 Å². The molecule has 1 unspecified atom stereocenters. The summed E-state index contributed by atoms with van der Waals surface area (Å²) in [6.07, 6.45) is 4.11. The fourth-order valence-corrected chi connectivity index (χ4v) is 6.01. The molecule has 0 spiro atoms. The number of hydrogen-bond acceptors (Lipinski definition) is 3. The van der Waals surface area contributed by atoms with E-state index in [9.17, 15) is 4.79 Å². The molecule has 37 heavy (non-hydrogen) atoms. The van der Waals surface area contributed by atoms with E-state index in [1.807, 2.05) is 0 Å². The monoisotopic (exact) mass is 496 g/mol. The summed E-state index contributed by atoms with van der Waals surface area (Å²) in [5.74, 6) is 0.564. The first-order valence-electron chi connectivity index (χ1n) is 13.8. The molecule has 1 saturated carbocycles. The zero-order valence-electron chi connectivity index (χ0n) is 22.6. The lowest BCUT2D eigenvalue weighted by molar-refractivity contribution is 0.133. The van der Waals surface area contributed by atoms with Crippen molar-refractivity contribution in [2.45, 2.75) is 76.8 Å². The zero-order valence-corrected chi connectivity index (χ0v) is 22.6. The smallest absolute Gasteiger partial charge is 0.407 e. The molecule has 2 N–H and O–H groups in total. The Morgan fingerprint density at radius 2 is 1.43 bits per heavy atom. The Morgan fingerprint density at radius 3 is 2.00 bits per heavy atom. The average molecular weight is 497 g/mol. The molecule has 3 aromatic carbocycles. The third kappa shape index (κ3) is 5.69. The minimum atomic E-state index is -0.312. The van der Waals surface area contributed by atoms with Crippen molar-refractivity contribution in [3.8, 4) is 11.1 Å². The Hall–Kier alpha value is -3.27. The van der Waals surface area contributed by atoms with Crippen molar-refractivity contribution in [3.63, 3.8) is 0 Å². The van der Waals surface area contributed by atoms with Gasteiger partial charge in [0.05, 0.1) is 0 Å². The van der Waals surface area contributed by atoms with E-state index in [4.69, 9.17) is 4.74 Å². The number of rotatable bonds is 6. The molecule has 0 aromatic heterocycles. The molecule has 4 heteroatoms. The number of hydrogen-bond donors (Lipinski definition) is 2. The lowest BCUT2D eigenvalue weighted by atomic mass is 9.82. The number of carbonyl (C=O) groups is 1. The molecule has 0 aliphatic heterocycles. The molecule has 2 aliphatic rings. The highest BCUT2D eigenvalue weighted by Crippen LogP contribution is 2.44. The van der Waals surface area contributed by atoms with Crippen LogP contribution in [0.5, 0.6) is 0 Å². The fraction of sp³-hybridized carbons (Fsp3) is 0.424. The minimum Gasteiger partial charge on any atom is -0.449 e. The molecule has 1 amide bonds. The van der Waals surface area contributed by atoms with E-state index in [0.29, 0.717) is 18.6 Å². The lowest BCUT2D eigenvalue weighted by Crippen LogP contribution is -2.41. The molecule has 194 valence electrons. The lowest BCUT2D eigenvalue weighted by Gasteiger charge is -2.33. The Balaban J connectivity index is 1.09. The molecule has 5 rings (SSSR count). The van der Waals surface area contributed by atoms with Crippen LogP contribution in [0.15, 0.2) is 72.8 Å². The standard InChI is InChI=1S/C33H40N2O2/c1-22(23-13-17-25(18-14-23)35-26-19-15-24(16-20-26)33(2,3)4)34-32(36)37-21-31-29-11-7-5-9-27(29)28-10-6-8-12-30(28)31/h5-12,15-16,19-20,22-23,25,31,35H,13-14,17-18,21H2,1-4H3,(H,34,36).